The highest BCUT2D eigenvalue weighted by molar-refractivity contribution is 4.74. The van der Waals surface area contributed by atoms with Gasteiger partial charge in [-0.25, -0.2) is 0 Å². The first-order valence-corrected chi connectivity index (χ1v) is 6.68. The molecule has 2 aliphatic heterocycles. The quantitative estimate of drug-likeness (QED) is 0.694. The Labute approximate surface area is 98.6 Å². The van der Waals surface area contributed by atoms with Gasteiger partial charge in [0.15, 0.2) is 0 Å². The van der Waals surface area contributed by atoms with Crippen molar-refractivity contribution in [1.82, 2.24) is 15.1 Å². The third-order valence-corrected chi connectivity index (χ3v) is 3.57. The molecule has 0 spiro atoms. The number of nitrogens with one attached hydrogen (secondary N) is 1. The molecule has 0 saturated carbocycles. The molecule has 2 aliphatic rings. The van der Waals surface area contributed by atoms with E-state index in [0.29, 0.717) is 0 Å². The van der Waals surface area contributed by atoms with Crippen LogP contribution in [0.1, 0.15) is 19.3 Å². The fourth-order valence-corrected chi connectivity index (χ4v) is 2.70. The molecular formula is C12H25N3O. The van der Waals surface area contributed by atoms with Crippen molar-refractivity contribution >= 4 is 0 Å². The summed E-state index contributed by atoms with van der Waals surface area (Å²) >= 11 is 0. The maximum Gasteiger partial charge on any atom is 0.0793 e. The number of likely N-dealkylation sites (tertiary alicyclic amines) is 1. The van der Waals surface area contributed by atoms with Gasteiger partial charge in [0.1, 0.15) is 0 Å². The molecule has 0 aliphatic carbocycles. The maximum atomic E-state index is 10.0. The lowest BCUT2D eigenvalue weighted by atomic mass is 10.3. The fourth-order valence-electron chi connectivity index (χ4n) is 2.70. The summed E-state index contributed by atoms with van der Waals surface area (Å²) in [4.78, 5) is 4.78. The van der Waals surface area contributed by atoms with E-state index >= 15 is 0 Å². The summed E-state index contributed by atoms with van der Waals surface area (Å²) in [5.41, 5.74) is 0. The fraction of sp³-hybridized carbons (Fsp3) is 1.00. The first-order valence-electron chi connectivity index (χ1n) is 6.68. The second-order valence-corrected chi connectivity index (χ2v) is 5.07. The van der Waals surface area contributed by atoms with Gasteiger partial charge in [0.2, 0.25) is 0 Å². The Morgan fingerprint density at radius 1 is 0.875 bits per heavy atom. The summed E-state index contributed by atoms with van der Waals surface area (Å²) in [7, 11) is 0. The molecular weight excluding hydrogens is 202 g/mol. The van der Waals surface area contributed by atoms with Gasteiger partial charge in [0.05, 0.1) is 6.10 Å². The lowest BCUT2D eigenvalue weighted by Crippen LogP contribution is -2.40. The van der Waals surface area contributed by atoms with Gasteiger partial charge in [-0.1, -0.05) is 0 Å². The van der Waals surface area contributed by atoms with Crippen molar-refractivity contribution in [1.29, 1.82) is 0 Å². The first kappa shape index (κ1) is 12.3. The van der Waals surface area contributed by atoms with Crippen molar-refractivity contribution in [3.05, 3.63) is 0 Å². The zero-order chi connectivity index (χ0) is 11.2. The summed E-state index contributed by atoms with van der Waals surface area (Å²) in [5.74, 6) is 0. The standard InChI is InChI=1S/C12H25N3O/c16-12(10-14-6-1-2-7-14)11-15-8-3-4-13-5-9-15/h12-13,16H,1-11H2/t12-/m0/s1. The van der Waals surface area contributed by atoms with Crippen molar-refractivity contribution in [3.8, 4) is 0 Å². The van der Waals surface area contributed by atoms with Crippen LogP contribution in [0.5, 0.6) is 0 Å². The Morgan fingerprint density at radius 2 is 1.50 bits per heavy atom. The molecule has 0 amide bonds. The number of rotatable bonds is 4. The molecule has 1 atom stereocenters. The molecule has 94 valence electrons. The molecule has 2 fully saturated rings. The molecule has 0 aromatic carbocycles. The van der Waals surface area contributed by atoms with Crippen molar-refractivity contribution in [2.75, 3.05) is 52.4 Å². The summed E-state index contributed by atoms with van der Waals surface area (Å²) in [6, 6.07) is 0. The van der Waals surface area contributed by atoms with Gasteiger partial charge < -0.3 is 15.3 Å². The van der Waals surface area contributed by atoms with E-state index in [-0.39, 0.29) is 6.10 Å². The van der Waals surface area contributed by atoms with E-state index in [4.69, 9.17) is 0 Å². The van der Waals surface area contributed by atoms with Crippen LogP contribution in [0.4, 0.5) is 0 Å². The number of aliphatic hydroxyl groups excluding tert-OH is 1. The lowest BCUT2D eigenvalue weighted by Gasteiger charge is -2.25. The molecule has 0 unspecified atom stereocenters. The Balaban J connectivity index is 1.66. The zero-order valence-electron chi connectivity index (χ0n) is 10.2. The van der Waals surface area contributed by atoms with Gasteiger partial charge in [-0.2, -0.15) is 0 Å². The molecule has 0 bridgehead atoms. The zero-order valence-corrected chi connectivity index (χ0v) is 10.2. The van der Waals surface area contributed by atoms with Gasteiger partial charge in [0, 0.05) is 26.2 Å². The van der Waals surface area contributed by atoms with Crippen molar-refractivity contribution in [2.45, 2.75) is 25.4 Å². The smallest absolute Gasteiger partial charge is 0.0793 e. The molecule has 2 saturated heterocycles. The van der Waals surface area contributed by atoms with E-state index in [0.717, 1.165) is 39.3 Å². The van der Waals surface area contributed by atoms with Crippen molar-refractivity contribution in [3.63, 3.8) is 0 Å². The highest BCUT2D eigenvalue weighted by atomic mass is 16.3. The maximum absolute atomic E-state index is 10.0. The SMILES string of the molecule is O[C@@H](CN1CCCC1)CN1CCCNCC1. The Bertz CT molecular complexity index is 187. The summed E-state index contributed by atoms with van der Waals surface area (Å²) < 4.78 is 0. The predicted molar refractivity (Wildman–Crippen MR) is 65.6 cm³/mol. The average Bonchev–Trinajstić information content (AvgIpc) is 2.62. The molecule has 2 rings (SSSR count). The first-order chi connectivity index (χ1) is 7.84. The third-order valence-electron chi connectivity index (χ3n) is 3.57. The van der Waals surface area contributed by atoms with Gasteiger partial charge in [-0.15, -0.1) is 0 Å². The van der Waals surface area contributed by atoms with E-state index < -0.39 is 0 Å². The van der Waals surface area contributed by atoms with Crippen LogP contribution in [0.15, 0.2) is 0 Å². The van der Waals surface area contributed by atoms with Gasteiger partial charge in [-0.3, -0.25) is 4.90 Å². The van der Waals surface area contributed by atoms with Crippen LogP contribution in [0, 0.1) is 0 Å². The summed E-state index contributed by atoms with van der Waals surface area (Å²) in [6.45, 7) is 8.47. The van der Waals surface area contributed by atoms with Gasteiger partial charge in [-0.05, 0) is 45.4 Å². The molecule has 0 aromatic rings. The molecule has 4 nitrogen and oxygen atoms in total. The van der Waals surface area contributed by atoms with Crippen molar-refractivity contribution in [2.24, 2.45) is 0 Å². The average molecular weight is 227 g/mol. The van der Waals surface area contributed by atoms with E-state index in [1.165, 1.54) is 32.4 Å². The molecule has 0 aromatic heterocycles. The summed E-state index contributed by atoms with van der Waals surface area (Å²) in [6.07, 6.45) is 3.65. The topological polar surface area (TPSA) is 38.7 Å². The van der Waals surface area contributed by atoms with Crippen LogP contribution in [-0.2, 0) is 0 Å². The normalized spacial score (nSPS) is 26.8. The Kier molecular flexibility index (Phi) is 5.03. The van der Waals surface area contributed by atoms with E-state index in [1.807, 2.05) is 0 Å². The van der Waals surface area contributed by atoms with E-state index in [2.05, 4.69) is 15.1 Å². The van der Waals surface area contributed by atoms with Gasteiger partial charge in [0.25, 0.3) is 0 Å². The second-order valence-electron chi connectivity index (χ2n) is 5.07. The number of nitrogens with zero attached hydrogens (tertiary/aromatic N) is 2. The number of hydrogen-bond acceptors (Lipinski definition) is 4. The van der Waals surface area contributed by atoms with Crippen LogP contribution in [0.2, 0.25) is 0 Å². The third kappa shape index (κ3) is 4.01. The number of β-amino-alcohol motifs (C(OH)–C–C–N with tert-alkyl or cyclic N) is 1. The molecule has 4 heteroatoms. The Hall–Kier alpha value is -0.160. The van der Waals surface area contributed by atoms with Crippen LogP contribution in [-0.4, -0.2) is 73.4 Å². The summed E-state index contributed by atoms with van der Waals surface area (Å²) in [5, 5.41) is 13.4. The van der Waals surface area contributed by atoms with Gasteiger partial charge >= 0.3 is 0 Å². The highest BCUT2D eigenvalue weighted by Gasteiger charge is 2.18. The monoisotopic (exact) mass is 227 g/mol. The molecule has 2 N–H and O–H groups in total. The predicted octanol–water partition coefficient (Wildman–Crippen LogP) is -0.262. The number of hydrogen-bond donors (Lipinski definition) is 2. The minimum Gasteiger partial charge on any atom is -0.390 e. The van der Waals surface area contributed by atoms with Crippen LogP contribution in [0.3, 0.4) is 0 Å². The molecule has 16 heavy (non-hydrogen) atoms. The van der Waals surface area contributed by atoms with Crippen LogP contribution < -0.4 is 5.32 Å². The largest absolute Gasteiger partial charge is 0.390 e. The minimum absolute atomic E-state index is 0.170. The molecule has 0 radical (unpaired) electrons. The van der Waals surface area contributed by atoms with E-state index in [9.17, 15) is 5.11 Å². The van der Waals surface area contributed by atoms with Crippen LogP contribution in [0.25, 0.3) is 0 Å². The minimum atomic E-state index is -0.170. The number of aliphatic hydroxyl groups is 1. The second kappa shape index (κ2) is 6.55. The van der Waals surface area contributed by atoms with E-state index in [1.54, 1.807) is 0 Å². The van der Waals surface area contributed by atoms with Crippen LogP contribution >= 0.6 is 0 Å². The van der Waals surface area contributed by atoms with Crippen molar-refractivity contribution < 1.29 is 5.11 Å². The lowest BCUT2D eigenvalue weighted by molar-refractivity contribution is 0.0837. The Morgan fingerprint density at radius 3 is 2.25 bits per heavy atom. The highest BCUT2D eigenvalue weighted by Crippen LogP contribution is 2.08. The molecule has 2 heterocycles.